The van der Waals surface area contributed by atoms with E-state index in [2.05, 4.69) is 26.6 Å². The summed E-state index contributed by atoms with van der Waals surface area (Å²) >= 11 is 3.03. The van der Waals surface area contributed by atoms with Gasteiger partial charge in [-0.3, -0.25) is 14.5 Å². The summed E-state index contributed by atoms with van der Waals surface area (Å²) in [5.41, 5.74) is 2.43. The minimum Gasteiger partial charge on any atom is -0.355 e. The fraction of sp³-hybridized carbons (Fsp3) is 0.471. The summed E-state index contributed by atoms with van der Waals surface area (Å²) in [6.07, 6.45) is 0.626. The zero-order valence-electron chi connectivity index (χ0n) is 14.3. The maximum absolute atomic E-state index is 12.5. The van der Waals surface area contributed by atoms with Gasteiger partial charge in [-0.25, -0.2) is 4.98 Å². The van der Waals surface area contributed by atoms with Gasteiger partial charge in [-0.05, 0) is 31.7 Å². The molecule has 0 radical (unpaired) electrons. The highest BCUT2D eigenvalue weighted by Gasteiger charge is 2.37. The van der Waals surface area contributed by atoms with Crippen molar-refractivity contribution < 1.29 is 9.59 Å². The van der Waals surface area contributed by atoms with Crippen molar-refractivity contribution in [1.82, 2.24) is 20.5 Å². The van der Waals surface area contributed by atoms with Crippen molar-refractivity contribution in [3.8, 4) is 0 Å². The Labute approximate surface area is 155 Å². The highest BCUT2D eigenvalue weighted by atomic mass is 32.1. The number of aryl methyl sites for hydroxylation is 1. The molecule has 1 aliphatic rings. The van der Waals surface area contributed by atoms with E-state index in [4.69, 9.17) is 0 Å². The highest BCUT2D eigenvalue weighted by molar-refractivity contribution is 7.11. The van der Waals surface area contributed by atoms with Gasteiger partial charge in [-0.15, -0.1) is 22.7 Å². The third-order valence-electron chi connectivity index (χ3n) is 4.28. The summed E-state index contributed by atoms with van der Waals surface area (Å²) in [5, 5.41) is 8.02. The summed E-state index contributed by atoms with van der Waals surface area (Å²) in [5.74, 6) is -0.0672. The first-order valence-corrected chi connectivity index (χ1v) is 10.1. The molecule has 2 aromatic rings. The quantitative estimate of drug-likeness (QED) is 0.807. The molecule has 2 N–H and O–H groups in total. The average Bonchev–Trinajstić information content (AvgIpc) is 3.29. The Morgan fingerprint density at radius 1 is 1.40 bits per heavy atom. The minimum absolute atomic E-state index is 0.0322. The van der Waals surface area contributed by atoms with Crippen LogP contribution in [-0.2, 0) is 11.3 Å². The summed E-state index contributed by atoms with van der Waals surface area (Å²) < 4.78 is 0. The van der Waals surface area contributed by atoms with E-state index in [-0.39, 0.29) is 23.9 Å². The molecular weight excluding hydrogens is 356 g/mol. The summed E-state index contributed by atoms with van der Waals surface area (Å²) in [6.45, 7) is 5.76. The predicted octanol–water partition coefficient (Wildman–Crippen LogP) is 2.02. The van der Waals surface area contributed by atoms with E-state index in [9.17, 15) is 9.59 Å². The van der Waals surface area contributed by atoms with Gasteiger partial charge < -0.3 is 10.6 Å². The maximum atomic E-state index is 12.5. The first kappa shape index (κ1) is 18.0. The van der Waals surface area contributed by atoms with E-state index in [0.29, 0.717) is 24.4 Å². The highest BCUT2D eigenvalue weighted by Crippen LogP contribution is 2.23. The fourth-order valence-corrected chi connectivity index (χ4v) is 4.56. The number of carbonyl (C=O) groups excluding carboxylic acids is 2. The second kappa shape index (κ2) is 8.07. The topological polar surface area (TPSA) is 74.3 Å². The number of likely N-dealkylation sites (N-methyl/N-ethyl adjacent to an activating group) is 1. The smallest absolute Gasteiger partial charge is 0.263 e. The molecule has 0 bridgehead atoms. The van der Waals surface area contributed by atoms with Crippen LogP contribution in [-0.4, -0.2) is 46.9 Å². The normalized spacial score (nSPS) is 20.6. The summed E-state index contributed by atoms with van der Waals surface area (Å²) in [4.78, 5) is 33.0. The molecule has 0 saturated carbocycles. The molecule has 0 aromatic carbocycles. The van der Waals surface area contributed by atoms with Gasteiger partial charge >= 0.3 is 0 Å². The summed E-state index contributed by atoms with van der Waals surface area (Å²) in [7, 11) is 0. The molecule has 0 aliphatic carbocycles. The monoisotopic (exact) mass is 378 g/mol. The summed E-state index contributed by atoms with van der Waals surface area (Å²) in [6, 6.07) is 3.84. The van der Waals surface area contributed by atoms with E-state index in [0.717, 1.165) is 12.2 Å². The Morgan fingerprint density at radius 3 is 2.88 bits per heavy atom. The van der Waals surface area contributed by atoms with Gasteiger partial charge in [-0.2, -0.15) is 0 Å². The Balaban J connectivity index is 1.68. The molecule has 2 atom stereocenters. The number of likely N-dealkylation sites (tertiary alicyclic amines) is 1. The van der Waals surface area contributed by atoms with Crippen LogP contribution in [0.2, 0.25) is 0 Å². The molecule has 2 aromatic heterocycles. The zero-order valence-corrected chi connectivity index (χ0v) is 16.0. The third kappa shape index (κ3) is 4.26. The largest absolute Gasteiger partial charge is 0.355 e. The Kier molecular flexibility index (Phi) is 5.82. The van der Waals surface area contributed by atoms with E-state index in [1.165, 1.54) is 16.2 Å². The lowest BCUT2D eigenvalue weighted by Gasteiger charge is -2.22. The van der Waals surface area contributed by atoms with E-state index in [1.54, 1.807) is 16.8 Å². The van der Waals surface area contributed by atoms with Crippen LogP contribution < -0.4 is 10.6 Å². The number of rotatable bonds is 6. The Bertz CT molecular complexity index is 729. The molecular formula is C17H22N4O2S2. The van der Waals surface area contributed by atoms with Crippen molar-refractivity contribution in [2.75, 3.05) is 13.1 Å². The molecule has 1 fully saturated rings. The number of amides is 2. The average molecular weight is 379 g/mol. The van der Waals surface area contributed by atoms with Crippen LogP contribution in [0.15, 0.2) is 23.0 Å². The minimum atomic E-state index is -0.213. The number of thiazole rings is 1. The van der Waals surface area contributed by atoms with Crippen molar-refractivity contribution in [3.63, 3.8) is 0 Å². The van der Waals surface area contributed by atoms with Gasteiger partial charge in [0.1, 0.15) is 4.88 Å². The molecule has 25 heavy (non-hydrogen) atoms. The fourth-order valence-electron chi connectivity index (χ4n) is 3.12. The number of carbonyl (C=O) groups is 2. The zero-order chi connectivity index (χ0) is 17.8. The van der Waals surface area contributed by atoms with Crippen LogP contribution in [0.3, 0.4) is 0 Å². The molecule has 6 nitrogen and oxygen atoms in total. The van der Waals surface area contributed by atoms with Crippen LogP contribution >= 0.6 is 22.7 Å². The standard InChI is InChI=1S/C17H22N4O2S2/c1-3-18-16(22)14-7-12(8-21(14)9-13-5-4-6-24-13)20-17(23)15-11(2)19-10-25-15/h4-6,10,12,14H,3,7-9H2,1-2H3,(H,18,22)(H,20,23)/t12-,14-/m0/s1. The Morgan fingerprint density at radius 2 is 2.24 bits per heavy atom. The lowest BCUT2D eigenvalue weighted by Crippen LogP contribution is -2.42. The van der Waals surface area contributed by atoms with Crippen molar-refractivity contribution in [1.29, 1.82) is 0 Å². The molecule has 0 spiro atoms. The lowest BCUT2D eigenvalue weighted by molar-refractivity contribution is -0.125. The second-order valence-corrected chi connectivity index (χ2v) is 7.98. The van der Waals surface area contributed by atoms with Crippen molar-refractivity contribution in [2.24, 2.45) is 0 Å². The van der Waals surface area contributed by atoms with E-state index < -0.39 is 0 Å². The molecule has 1 aliphatic heterocycles. The maximum Gasteiger partial charge on any atom is 0.263 e. The molecule has 2 amide bonds. The number of aromatic nitrogens is 1. The molecule has 8 heteroatoms. The number of nitrogens with one attached hydrogen (secondary N) is 2. The van der Waals surface area contributed by atoms with Crippen LogP contribution in [0.1, 0.15) is 33.6 Å². The van der Waals surface area contributed by atoms with Gasteiger partial charge in [0.25, 0.3) is 5.91 Å². The lowest BCUT2D eigenvalue weighted by atomic mass is 10.1. The van der Waals surface area contributed by atoms with Gasteiger partial charge in [0, 0.05) is 30.6 Å². The van der Waals surface area contributed by atoms with E-state index in [1.807, 2.05) is 25.3 Å². The predicted molar refractivity (Wildman–Crippen MR) is 99.9 cm³/mol. The van der Waals surface area contributed by atoms with Crippen LogP contribution in [0, 0.1) is 6.92 Å². The van der Waals surface area contributed by atoms with Crippen LogP contribution in [0.5, 0.6) is 0 Å². The number of hydrogen-bond acceptors (Lipinski definition) is 6. The van der Waals surface area contributed by atoms with Crippen molar-refractivity contribution in [2.45, 2.75) is 38.9 Å². The van der Waals surface area contributed by atoms with Gasteiger partial charge in [-0.1, -0.05) is 6.07 Å². The van der Waals surface area contributed by atoms with Crippen molar-refractivity contribution in [3.05, 3.63) is 38.5 Å². The van der Waals surface area contributed by atoms with E-state index >= 15 is 0 Å². The molecule has 3 rings (SSSR count). The van der Waals surface area contributed by atoms with Gasteiger partial charge in [0.05, 0.1) is 17.2 Å². The number of nitrogens with zero attached hydrogens (tertiary/aromatic N) is 2. The number of thiophene rings is 1. The second-order valence-electron chi connectivity index (χ2n) is 6.09. The van der Waals surface area contributed by atoms with Gasteiger partial charge in [0.2, 0.25) is 5.91 Å². The SMILES string of the molecule is CCNC(=O)[C@@H]1C[C@H](NC(=O)c2scnc2C)CN1Cc1cccs1. The third-order valence-corrected chi connectivity index (χ3v) is 6.07. The first-order chi connectivity index (χ1) is 12.1. The molecule has 134 valence electrons. The molecule has 3 heterocycles. The van der Waals surface area contributed by atoms with Gasteiger partial charge in [0.15, 0.2) is 0 Å². The number of hydrogen-bond donors (Lipinski definition) is 2. The Hall–Kier alpha value is -1.77. The molecule has 0 unspecified atom stereocenters. The van der Waals surface area contributed by atoms with Crippen LogP contribution in [0.25, 0.3) is 0 Å². The van der Waals surface area contributed by atoms with Crippen molar-refractivity contribution >= 4 is 34.5 Å². The molecule has 1 saturated heterocycles. The first-order valence-electron chi connectivity index (χ1n) is 8.33. The van der Waals surface area contributed by atoms with Crippen LogP contribution in [0.4, 0.5) is 0 Å².